The average Bonchev–Trinajstić information content (AvgIpc) is 2.49. The number of allylic oxidation sites excluding steroid dienone is 2. The fourth-order valence-electron chi connectivity index (χ4n) is 1.14. The van der Waals surface area contributed by atoms with Gasteiger partial charge in [-0.3, -0.25) is 0 Å². The SMILES string of the molecule is O=C(O)C1=CC2=NN=C[C@@H]2C=C1. The van der Waals surface area contributed by atoms with Crippen LogP contribution in [0.3, 0.4) is 0 Å². The molecule has 1 heterocycles. The van der Waals surface area contributed by atoms with Crippen molar-refractivity contribution < 1.29 is 9.90 Å². The normalized spacial score (nSPS) is 24.8. The lowest BCUT2D eigenvalue weighted by Gasteiger charge is -2.06. The van der Waals surface area contributed by atoms with Crippen molar-refractivity contribution in [2.75, 3.05) is 0 Å². The van der Waals surface area contributed by atoms with Crippen LogP contribution in [0.25, 0.3) is 0 Å². The summed E-state index contributed by atoms with van der Waals surface area (Å²) in [5, 5.41) is 16.1. The first-order valence-corrected chi connectivity index (χ1v) is 3.51. The maximum absolute atomic E-state index is 10.5. The van der Waals surface area contributed by atoms with Gasteiger partial charge in [0.1, 0.15) is 0 Å². The summed E-state index contributed by atoms with van der Waals surface area (Å²) in [5.74, 6) is -0.854. The number of carboxylic acids is 1. The number of hydrogen-bond donors (Lipinski definition) is 1. The topological polar surface area (TPSA) is 62.0 Å². The average molecular weight is 162 g/mol. The summed E-state index contributed by atoms with van der Waals surface area (Å²) in [6.07, 6.45) is 6.57. The largest absolute Gasteiger partial charge is 0.478 e. The van der Waals surface area contributed by atoms with Crippen molar-refractivity contribution in [3.8, 4) is 0 Å². The summed E-state index contributed by atoms with van der Waals surface area (Å²) < 4.78 is 0. The van der Waals surface area contributed by atoms with Gasteiger partial charge in [-0.05, 0) is 6.08 Å². The van der Waals surface area contributed by atoms with Crippen LogP contribution in [-0.2, 0) is 4.79 Å². The Kier molecular flexibility index (Phi) is 1.40. The molecule has 0 spiro atoms. The smallest absolute Gasteiger partial charge is 0.335 e. The third-order valence-corrected chi connectivity index (χ3v) is 1.78. The summed E-state index contributed by atoms with van der Waals surface area (Å²) in [7, 11) is 0. The number of nitrogens with zero attached hydrogens (tertiary/aromatic N) is 2. The molecule has 1 aliphatic carbocycles. The van der Waals surface area contributed by atoms with Gasteiger partial charge in [-0.1, -0.05) is 12.2 Å². The molecule has 0 saturated heterocycles. The predicted octanol–water partition coefficient (Wildman–Crippen LogP) is 0.624. The Morgan fingerprint density at radius 1 is 1.58 bits per heavy atom. The standard InChI is InChI=1S/C8H6N2O2/c11-8(12)5-1-2-6-4-9-10-7(6)3-5/h1-4,6H,(H,11,12)/t6-/m0/s1. The van der Waals surface area contributed by atoms with E-state index in [0.717, 1.165) is 0 Å². The summed E-state index contributed by atoms with van der Waals surface area (Å²) in [6.45, 7) is 0. The van der Waals surface area contributed by atoms with E-state index in [4.69, 9.17) is 5.11 Å². The van der Waals surface area contributed by atoms with Crippen LogP contribution in [0.2, 0.25) is 0 Å². The van der Waals surface area contributed by atoms with Gasteiger partial charge in [0, 0.05) is 6.21 Å². The van der Waals surface area contributed by atoms with Crippen molar-refractivity contribution in [1.29, 1.82) is 0 Å². The lowest BCUT2D eigenvalue weighted by molar-refractivity contribution is -0.132. The summed E-state index contributed by atoms with van der Waals surface area (Å²) >= 11 is 0. The van der Waals surface area contributed by atoms with Crippen LogP contribution in [-0.4, -0.2) is 23.0 Å². The first kappa shape index (κ1) is 6.97. The summed E-state index contributed by atoms with van der Waals surface area (Å²) in [5.41, 5.74) is 0.963. The second kappa shape index (κ2) is 2.41. The van der Waals surface area contributed by atoms with Crippen LogP contribution in [0.5, 0.6) is 0 Å². The molecule has 60 valence electrons. The van der Waals surface area contributed by atoms with Gasteiger partial charge in [0.15, 0.2) is 0 Å². The third kappa shape index (κ3) is 0.972. The molecule has 0 aromatic rings. The molecule has 1 atom stereocenters. The summed E-state index contributed by atoms with van der Waals surface area (Å²) in [4.78, 5) is 10.5. The molecule has 0 aromatic carbocycles. The van der Waals surface area contributed by atoms with E-state index in [1.54, 1.807) is 24.4 Å². The minimum Gasteiger partial charge on any atom is -0.478 e. The molecule has 4 heteroatoms. The van der Waals surface area contributed by atoms with E-state index in [-0.39, 0.29) is 11.5 Å². The van der Waals surface area contributed by atoms with Crippen LogP contribution in [0.15, 0.2) is 34.0 Å². The molecule has 0 aromatic heterocycles. The lowest BCUT2D eigenvalue weighted by Crippen LogP contribution is -2.14. The van der Waals surface area contributed by atoms with Crippen LogP contribution in [0, 0.1) is 5.92 Å². The monoisotopic (exact) mass is 162 g/mol. The van der Waals surface area contributed by atoms with Crippen LogP contribution < -0.4 is 0 Å². The van der Waals surface area contributed by atoms with Gasteiger partial charge >= 0.3 is 5.97 Å². The van der Waals surface area contributed by atoms with Crippen LogP contribution in [0.4, 0.5) is 0 Å². The number of carboxylic acid groups (broad SMARTS) is 1. The highest BCUT2D eigenvalue weighted by molar-refractivity contribution is 6.14. The molecule has 0 saturated carbocycles. The molecule has 0 unspecified atom stereocenters. The fraction of sp³-hybridized carbons (Fsp3) is 0.125. The van der Waals surface area contributed by atoms with E-state index in [0.29, 0.717) is 5.71 Å². The van der Waals surface area contributed by atoms with E-state index < -0.39 is 5.97 Å². The molecule has 1 N–H and O–H groups in total. The molecule has 0 bridgehead atoms. The molecule has 0 fully saturated rings. The Morgan fingerprint density at radius 3 is 3.17 bits per heavy atom. The highest BCUT2D eigenvalue weighted by atomic mass is 16.4. The zero-order valence-corrected chi connectivity index (χ0v) is 6.14. The minimum absolute atomic E-state index is 0.0769. The van der Waals surface area contributed by atoms with E-state index >= 15 is 0 Å². The highest BCUT2D eigenvalue weighted by Gasteiger charge is 2.19. The Morgan fingerprint density at radius 2 is 2.42 bits per heavy atom. The Hall–Kier alpha value is -1.71. The molecule has 1 aliphatic heterocycles. The van der Waals surface area contributed by atoms with E-state index in [1.165, 1.54) is 0 Å². The number of rotatable bonds is 1. The zero-order chi connectivity index (χ0) is 8.55. The first-order valence-electron chi connectivity index (χ1n) is 3.51. The number of carbonyl (C=O) groups is 1. The van der Waals surface area contributed by atoms with Gasteiger partial charge in [-0.15, -0.1) is 0 Å². The number of hydrogen-bond acceptors (Lipinski definition) is 3. The Labute approximate surface area is 68.6 Å². The second-order valence-electron chi connectivity index (χ2n) is 2.58. The maximum Gasteiger partial charge on any atom is 0.335 e. The predicted molar refractivity (Wildman–Crippen MR) is 44.3 cm³/mol. The van der Waals surface area contributed by atoms with Gasteiger partial charge in [0.05, 0.1) is 17.2 Å². The lowest BCUT2D eigenvalue weighted by atomic mass is 9.96. The Balaban J connectivity index is 2.34. The van der Waals surface area contributed by atoms with E-state index in [9.17, 15) is 4.79 Å². The molecular formula is C8H6N2O2. The molecule has 12 heavy (non-hydrogen) atoms. The van der Waals surface area contributed by atoms with Crippen LogP contribution >= 0.6 is 0 Å². The highest BCUT2D eigenvalue weighted by Crippen LogP contribution is 2.16. The van der Waals surface area contributed by atoms with Crippen molar-refractivity contribution >= 4 is 17.9 Å². The van der Waals surface area contributed by atoms with Gasteiger partial charge in [0.25, 0.3) is 0 Å². The van der Waals surface area contributed by atoms with Gasteiger partial charge in [-0.25, -0.2) is 4.79 Å². The summed E-state index contributed by atoms with van der Waals surface area (Å²) in [6, 6.07) is 0. The van der Waals surface area contributed by atoms with Gasteiger partial charge in [0.2, 0.25) is 0 Å². The van der Waals surface area contributed by atoms with Crippen molar-refractivity contribution in [3.63, 3.8) is 0 Å². The van der Waals surface area contributed by atoms with Gasteiger partial charge in [-0.2, -0.15) is 10.2 Å². The number of fused-ring (bicyclic) bond motifs is 1. The third-order valence-electron chi connectivity index (χ3n) is 1.78. The quantitative estimate of drug-likeness (QED) is 0.614. The molecule has 0 radical (unpaired) electrons. The number of aliphatic carboxylic acids is 1. The zero-order valence-electron chi connectivity index (χ0n) is 6.14. The van der Waals surface area contributed by atoms with Crippen LogP contribution in [0.1, 0.15) is 0 Å². The molecule has 2 aliphatic rings. The van der Waals surface area contributed by atoms with Gasteiger partial charge < -0.3 is 5.11 Å². The van der Waals surface area contributed by atoms with E-state index in [2.05, 4.69) is 10.2 Å². The first-order chi connectivity index (χ1) is 5.77. The minimum atomic E-state index is -0.931. The molecule has 4 nitrogen and oxygen atoms in total. The Bertz CT molecular complexity index is 350. The second-order valence-corrected chi connectivity index (χ2v) is 2.58. The maximum atomic E-state index is 10.5. The molecular weight excluding hydrogens is 156 g/mol. The van der Waals surface area contributed by atoms with Crippen molar-refractivity contribution in [2.45, 2.75) is 0 Å². The van der Waals surface area contributed by atoms with Crippen molar-refractivity contribution in [3.05, 3.63) is 23.8 Å². The molecule has 0 amide bonds. The fourth-order valence-corrected chi connectivity index (χ4v) is 1.14. The van der Waals surface area contributed by atoms with Crippen molar-refractivity contribution in [1.82, 2.24) is 0 Å². The van der Waals surface area contributed by atoms with E-state index in [1.807, 2.05) is 0 Å². The molecule has 2 rings (SSSR count). The van der Waals surface area contributed by atoms with Crippen molar-refractivity contribution in [2.24, 2.45) is 16.1 Å².